The number of benzene rings is 2. The van der Waals surface area contributed by atoms with Crippen molar-refractivity contribution < 1.29 is 9.53 Å². The molecule has 1 amide bonds. The van der Waals surface area contributed by atoms with Crippen LogP contribution in [0.25, 0.3) is 11.3 Å². The fourth-order valence-corrected chi connectivity index (χ4v) is 4.06. The number of hydrogen-bond donors (Lipinski definition) is 1. The van der Waals surface area contributed by atoms with Crippen LogP contribution in [0.3, 0.4) is 0 Å². The van der Waals surface area contributed by atoms with Crippen LogP contribution in [0.2, 0.25) is 0 Å². The maximum absolute atomic E-state index is 13.3. The quantitative estimate of drug-likeness (QED) is 0.409. The van der Waals surface area contributed by atoms with E-state index in [4.69, 9.17) is 4.74 Å². The molecule has 0 spiro atoms. The minimum atomic E-state index is -0.484. The lowest BCUT2D eigenvalue weighted by atomic mass is 10.0. The number of para-hydroxylation sites is 1. The highest BCUT2D eigenvalue weighted by Crippen LogP contribution is 2.30. The summed E-state index contributed by atoms with van der Waals surface area (Å²) in [6, 6.07) is 18.7. The topological polar surface area (TPSA) is 69.0 Å². The Morgan fingerprint density at radius 1 is 1.12 bits per heavy atom. The summed E-state index contributed by atoms with van der Waals surface area (Å²) in [6.07, 6.45) is 3.56. The van der Waals surface area contributed by atoms with E-state index < -0.39 is 6.04 Å². The molecule has 162 valence electrons. The molecular weight excluding hydrogens is 468 g/mol. The second-order valence-electron chi connectivity index (χ2n) is 7.38. The normalized spacial score (nSPS) is 11.8. The van der Waals surface area contributed by atoms with Gasteiger partial charge in [-0.2, -0.15) is 0 Å². The van der Waals surface area contributed by atoms with Gasteiger partial charge in [-0.25, -0.2) is 4.98 Å². The molecule has 2 aromatic carbocycles. The summed E-state index contributed by atoms with van der Waals surface area (Å²) in [6.45, 7) is 1.84. The van der Waals surface area contributed by atoms with Gasteiger partial charge >= 0.3 is 0 Å². The number of aryl methyl sites for hydroxylation is 2. The zero-order chi connectivity index (χ0) is 22.7. The highest BCUT2D eigenvalue weighted by Gasteiger charge is 2.25. The number of amides is 1. The summed E-state index contributed by atoms with van der Waals surface area (Å²) in [5, 5.41) is 3.13. The molecule has 0 aliphatic carbocycles. The molecule has 0 saturated heterocycles. The molecule has 2 aromatic heterocycles. The summed E-state index contributed by atoms with van der Waals surface area (Å²) in [5.74, 6) is 1.16. The maximum Gasteiger partial charge on any atom is 0.253 e. The monoisotopic (exact) mass is 490 g/mol. The number of hydrogen-bond acceptors (Lipinski definition) is 4. The lowest BCUT2D eigenvalue weighted by Crippen LogP contribution is -2.32. The fourth-order valence-electron chi connectivity index (χ4n) is 3.66. The second kappa shape index (κ2) is 9.36. The maximum atomic E-state index is 13.3. The lowest BCUT2D eigenvalue weighted by Gasteiger charge is -2.21. The number of nitrogens with zero attached hydrogens (tertiary/aromatic N) is 3. The van der Waals surface area contributed by atoms with Gasteiger partial charge in [0, 0.05) is 35.0 Å². The lowest BCUT2D eigenvalue weighted by molar-refractivity contribution is 0.0939. The van der Waals surface area contributed by atoms with E-state index in [2.05, 4.69) is 31.2 Å². The Morgan fingerprint density at radius 2 is 1.94 bits per heavy atom. The molecule has 2 heterocycles. The minimum absolute atomic E-state index is 0.227. The van der Waals surface area contributed by atoms with Crippen LogP contribution in [-0.4, -0.2) is 27.6 Å². The van der Waals surface area contributed by atoms with E-state index in [1.165, 1.54) is 0 Å². The number of methoxy groups -OCH3 is 1. The molecule has 4 rings (SSSR count). The van der Waals surface area contributed by atoms with Gasteiger partial charge < -0.3 is 14.6 Å². The molecule has 32 heavy (non-hydrogen) atoms. The molecule has 0 fully saturated rings. The van der Waals surface area contributed by atoms with E-state index in [1.54, 1.807) is 13.3 Å². The van der Waals surface area contributed by atoms with Crippen molar-refractivity contribution in [3.05, 3.63) is 100 Å². The molecule has 1 atom stereocenters. The number of rotatable bonds is 6. The van der Waals surface area contributed by atoms with Crippen molar-refractivity contribution in [1.82, 2.24) is 19.9 Å². The van der Waals surface area contributed by atoms with E-state index in [9.17, 15) is 4.79 Å². The van der Waals surface area contributed by atoms with Crippen LogP contribution in [0.4, 0.5) is 0 Å². The van der Waals surface area contributed by atoms with E-state index in [-0.39, 0.29) is 5.91 Å². The molecule has 0 aliphatic rings. The van der Waals surface area contributed by atoms with E-state index in [1.807, 2.05) is 85.4 Å². The van der Waals surface area contributed by atoms with Gasteiger partial charge in [-0.3, -0.25) is 9.78 Å². The highest BCUT2D eigenvalue weighted by molar-refractivity contribution is 9.10. The Hall–Kier alpha value is -3.45. The number of carbonyl (C=O) groups excluding carboxylic acids is 1. The highest BCUT2D eigenvalue weighted by atomic mass is 79.9. The number of aromatic nitrogens is 3. The van der Waals surface area contributed by atoms with Crippen molar-refractivity contribution in [2.24, 2.45) is 7.05 Å². The minimum Gasteiger partial charge on any atom is -0.496 e. The Morgan fingerprint density at radius 3 is 2.62 bits per heavy atom. The predicted octanol–water partition coefficient (Wildman–Crippen LogP) is 5.08. The van der Waals surface area contributed by atoms with Gasteiger partial charge in [0.15, 0.2) is 0 Å². The number of nitrogens with one attached hydrogen (secondary N) is 1. The van der Waals surface area contributed by atoms with Crippen LogP contribution in [0.1, 0.15) is 33.5 Å². The van der Waals surface area contributed by atoms with Crippen LogP contribution in [0, 0.1) is 6.92 Å². The van der Waals surface area contributed by atoms with Crippen LogP contribution >= 0.6 is 15.9 Å². The van der Waals surface area contributed by atoms with E-state index in [0.717, 1.165) is 21.3 Å². The molecule has 0 aliphatic heterocycles. The van der Waals surface area contributed by atoms with Crippen molar-refractivity contribution in [2.45, 2.75) is 13.0 Å². The summed E-state index contributed by atoms with van der Waals surface area (Å²) in [5.41, 5.74) is 3.78. The SMILES string of the molecule is COc1ccccc1C(NC(=O)c1ccc(-c2cccc(Br)c2)nc1C)c1nccn1C. The first-order chi connectivity index (χ1) is 15.5. The second-order valence-corrected chi connectivity index (χ2v) is 8.30. The third-order valence-electron chi connectivity index (χ3n) is 5.29. The smallest absolute Gasteiger partial charge is 0.253 e. The third kappa shape index (κ3) is 4.43. The number of carbonyl (C=O) groups is 1. The number of ether oxygens (including phenoxy) is 1. The van der Waals surface area contributed by atoms with Crippen LogP contribution < -0.4 is 10.1 Å². The molecule has 0 saturated carbocycles. The van der Waals surface area contributed by atoms with Gasteiger partial charge in [-0.05, 0) is 37.3 Å². The Bertz CT molecular complexity index is 1270. The van der Waals surface area contributed by atoms with Crippen molar-refractivity contribution in [2.75, 3.05) is 7.11 Å². The van der Waals surface area contributed by atoms with E-state index >= 15 is 0 Å². The first kappa shape index (κ1) is 21.8. The first-order valence-electron chi connectivity index (χ1n) is 10.1. The molecule has 0 radical (unpaired) electrons. The molecule has 6 nitrogen and oxygen atoms in total. The Kier molecular flexibility index (Phi) is 6.37. The zero-order valence-corrected chi connectivity index (χ0v) is 19.6. The summed E-state index contributed by atoms with van der Waals surface area (Å²) in [4.78, 5) is 22.5. The van der Waals surface area contributed by atoms with Crippen LogP contribution in [-0.2, 0) is 7.05 Å². The van der Waals surface area contributed by atoms with Gasteiger partial charge in [0.2, 0.25) is 0 Å². The average molecular weight is 491 g/mol. The van der Waals surface area contributed by atoms with Gasteiger partial charge in [-0.1, -0.05) is 46.3 Å². The average Bonchev–Trinajstić information content (AvgIpc) is 3.22. The van der Waals surface area contributed by atoms with Crippen molar-refractivity contribution >= 4 is 21.8 Å². The largest absolute Gasteiger partial charge is 0.496 e. The number of pyridine rings is 1. The predicted molar refractivity (Wildman–Crippen MR) is 128 cm³/mol. The van der Waals surface area contributed by atoms with Crippen molar-refractivity contribution in [1.29, 1.82) is 0 Å². The standard InChI is InChI=1S/C25H23BrN4O2/c1-16-19(11-12-21(28-16)17-7-6-8-18(26)15-17)25(31)29-23(24-27-13-14-30(24)2)20-9-4-5-10-22(20)32-3/h4-15,23H,1-3H3,(H,29,31). The molecule has 0 bridgehead atoms. The molecule has 1 N–H and O–H groups in total. The summed E-state index contributed by atoms with van der Waals surface area (Å²) in [7, 11) is 3.52. The molecule has 7 heteroatoms. The van der Waals surface area contributed by atoms with Gasteiger partial charge in [-0.15, -0.1) is 0 Å². The number of imidazole rings is 1. The first-order valence-corrected chi connectivity index (χ1v) is 10.9. The van der Waals surface area contributed by atoms with Crippen molar-refractivity contribution in [3.8, 4) is 17.0 Å². The van der Waals surface area contributed by atoms with E-state index in [0.29, 0.717) is 22.8 Å². The van der Waals surface area contributed by atoms with Crippen molar-refractivity contribution in [3.63, 3.8) is 0 Å². The van der Waals surface area contributed by atoms with Gasteiger partial charge in [0.1, 0.15) is 17.6 Å². The Labute approximate surface area is 195 Å². The molecular formula is C25H23BrN4O2. The zero-order valence-electron chi connectivity index (χ0n) is 18.0. The van der Waals surface area contributed by atoms with Gasteiger partial charge in [0.05, 0.1) is 24.1 Å². The fraction of sp³-hybridized carbons (Fsp3) is 0.160. The number of halogens is 1. The summed E-state index contributed by atoms with van der Waals surface area (Å²) >= 11 is 3.49. The van der Waals surface area contributed by atoms with Gasteiger partial charge in [0.25, 0.3) is 5.91 Å². The summed E-state index contributed by atoms with van der Waals surface area (Å²) < 4.78 is 8.41. The Balaban J connectivity index is 1.68. The third-order valence-corrected chi connectivity index (χ3v) is 5.79. The molecule has 4 aromatic rings. The molecule has 1 unspecified atom stereocenters. The van der Waals surface area contributed by atoms with Crippen LogP contribution in [0.5, 0.6) is 5.75 Å². The van der Waals surface area contributed by atoms with Crippen LogP contribution in [0.15, 0.2) is 77.5 Å².